The molecular weight excluding hydrogens is 286 g/mol. The Hall–Kier alpha value is -1.74. The number of aromatic nitrogens is 3. The molecule has 0 aliphatic carbocycles. The van der Waals surface area contributed by atoms with Crippen LogP contribution in [0.4, 0.5) is 10.7 Å². The van der Waals surface area contributed by atoms with E-state index >= 15 is 0 Å². The van der Waals surface area contributed by atoms with E-state index in [0.29, 0.717) is 17.2 Å². The van der Waals surface area contributed by atoms with Crippen LogP contribution in [0.5, 0.6) is 0 Å². The molecule has 0 bridgehead atoms. The Kier molecular flexibility index (Phi) is 4.27. The maximum atomic E-state index is 12.2. The van der Waals surface area contributed by atoms with Gasteiger partial charge in [-0.2, -0.15) is 0 Å². The van der Waals surface area contributed by atoms with E-state index in [4.69, 9.17) is 0 Å². The summed E-state index contributed by atoms with van der Waals surface area (Å²) in [6.07, 6.45) is 5.12. The number of nitrogens with zero attached hydrogens (tertiary/aromatic N) is 3. The van der Waals surface area contributed by atoms with Gasteiger partial charge in [0.1, 0.15) is 9.90 Å². The second-order valence-electron chi connectivity index (χ2n) is 3.69. The number of hydrogen-bond donors (Lipinski definition) is 2. The Morgan fingerprint density at radius 2 is 2.21 bits per heavy atom. The van der Waals surface area contributed by atoms with Gasteiger partial charge in [0.2, 0.25) is 0 Å². The Morgan fingerprint density at radius 1 is 1.37 bits per heavy atom. The molecule has 0 saturated heterocycles. The summed E-state index contributed by atoms with van der Waals surface area (Å²) in [7, 11) is -3.69. The fraction of sp³-hybridized carbons (Fsp3) is 0.300. The molecule has 2 aromatic rings. The van der Waals surface area contributed by atoms with Crippen molar-refractivity contribution < 1.29 is 8.42 Å². The average Bonchev–Trinajstić information content (AvgIpc) is 2.88. The number of rotatable bonds is 6. The van der Waals surface area contributed by atoms with Gasteiger partial charge in [0.25, 0.3) is 10.0 Å². The summed E-state index contributed by atoms with van der Waals surface area (Å²) in [5.74, 6) is 0. The van der Waals surface area contributed by atoms with E-state index in [0.717, 1.165) is 18.0 Å². The molecule has 102 valence electrons. The van der Waals surface area contributed by atoms with Crippen LogP contribution < -0.4 is 10.0 Å². The minimum Gasteiger partial charge on any atom is -0.384 e. The van der Waals surface area contributed by atoms with E-state index in [1.54, 1.807) is 12.3 Å². The van der Waals surface area contributed by atoms with Crippen LogP contribution in [0.3, 0.4) is 0 Å². The zero-order chi connectivity index (χ0) is 13.7. The molecule has 2 heterocycles. The quantitative estimate of drug-likeness (QED) is 0.840. The Morgan fingerprint density at radius 3 is 2.89 bits per heavy atom. The topological polar surface area (TPSA) is 96.9 Å². The van der Waals surface area contributed by atoms with Crippen molar-refractivity contribution in [2.45, 2.75) is 18.2 Å². The van der Waals surface area contributed by atoms with Gasteiger partial charge >= 0.3 is 0 Å². The lowest BCUT2D eigenvalue weighted by Crippen LogP contribution is -2.15. The van der Waals surface area contributed by atoms with Gasteiger partial charge in [-0.3, -0.25) is 9.71 Å². The SMILES string of the molecule is CCCNc1ccncc1S(=O)(=O)Nc1cnns1. The van der Waals surface area contributed by atoms with E-state index in [9.17, 15) is 8.42 Å². The molecule has 0 amide bonds. The highest BCUT2D eigenvalue weighted by Gasteiger charge is 2.19. The van der Waals surface area contributed by atoms with Crippen LogP contribution in [0.15, 0.2) is 29.6 Å². The number of pyridine rings is 1. The van der Waals surface area contributed by atoms with Gasteiger partial charge in [-0.05, 0) is 12.5 Å². The van der Waals surface area contributed by atoms with Gasteiger partial charge < -0.3 is 5.32 Å². The van der Waals surface area contributed by atoms with Crippen molar-refractivity contribution in [2.75, 3.05) is 16.6 Å². The first kappa shape index (κ1) is 13.7. The molecule has 0 saturated carbocycles. The van der Waals surface area contributed by atoms with Crippen molar-refractivity contribution >= 4 is 32.2 Å². The van der Waals surface area contributed by atoms with Crippen molar-refractivity contribution in [2.24, 2.45) is 0 Å². The first-order valence-electron chi connectivity index (χ1n) is 5.61. The third-order valence-electron chi connectivity index (χ3n) is 2.24. The molecular formula is C10H13N5O2S2. The highest BCUT2D eigenvalue weighted by molar-refractivity contribution is 7.93. The van der Waals surface area contributed by atoms with E-state index in [1.807, 2.05) is 6.92 Å². The van der Waals surface area contributed by atoms with Crippen LogP contribution >= 0.6 is 11.5 Å². The zero-order valence-corrected chi connectivity index (χ0v) is 11.8. The maximum Gasteiger partial charge on any atom is 0.266 e. The lowest BCUT2D eigenvalue weighted by molar-refractivity contribution is 0.601. The Labute approximate surface area is 115 Å². The monoisotopic (exact) mass is 299 g/mol. The van der Waals surface area contributed by atoms with Crippen molar-refractivity contribution in [1.29, 1.82) is 0 Å². The van der Waals surface area contributed by atoms with Crippen molar-refractivity contribution in [3.63, 3.8) is 0 Å². The smallest absolute Gasteiger partial charge is 0.266 e. The van der Waals surface area contributed by atoms with E-state index in [-0.39, 0.29) is 4.90 Å². The summed E-state index contributed by atoms with van der Waals surface area (Å²) in [4.78, 5) is 3.97. The molecule has 19 heavy (non-hydrogen) atoms. The minimum atomic E-state index is -3.69. The first-order valence-corrected chi connectivity index (χ1v) is 7.87. The van der Waals surface area contributed by atoms with Crippen LogP contribution in [0.2, 0.25) is 0 Å². The molecule has 0 aliphatic heterocycles. The van der Waals surface area contributed by atoms with Crippen LogP contribution in [-0.2, 0) is 10.0 Å². The molecule has 0 radical (unpaired) electrons. The van der Waals surface area contributed by atoms with Gasteiger partial charge in [0.15, 0.2) is 0 Å². The lowest BCUT2D eigenvalue weighted by Gasteiger charge is -2.11. The number of anilines is 2. The largest absolute Gasteiger partial charge is 0.384 e. The summed E-state index contributed by atoms with van der Waals surface area (Å²) in [6, 6.07) is 1.63. The van der Waals surface area contributed by atoms with Crippen LogP contribution in [0, 0.1) is 0 Å². The molecule has 2 aromatic heterocycles. The van der Waals surface area contributed by atoms with Gasteiger partial charge in [-0.1, -0.05) is 11.4 Å². The minimum absolute atomic E-state index is 0.108. The van der Waals surface area contributed by atoms with Crippen LogP contribution in [0.25, 0.3) is 0 Å². The molecule has 0 aromatic carbocycles. The molecule has 2 N–H and O–H groups in total. The number of nitrogens with one attached hydrogen (secondary N) is 2. The zero-order valence-electron chi connectivity index (χ0n) is 10.2. The Bertz CT molecular complexity index is 627. The van der Waals surface area contributed by atoms with E-state index in [2.05, 4.69) is 24.6 Å². The molecule has 0 spiro atoms. The van der Waals surface area contributed by atoms with Crippen LogP contribution in [0.1, 0.15) is 13.3 Å². The fourth-order valence-electron chi connectivity index (χ4n) is 1.40. The summed E-state index contributed by atoms with van der Waals surface area (Å²) < 4.78 is 30.5. The first-order chi connectivity index (χ1) is 9.13. The van der Waals surface area contributed by atoms with Crippen molar-refractivity contribution in [1.82, 2.24) is 14.6 Å². The molecule has 9 heteroatoms. The summed E-state index contributed by atoms with van der Waals surface area (Å²) in [5.41, 5.74) is 0.529. The van der Waals surface area contributed by atoms with Crippen molar-refractivity contribution in [3.8, 4) is 0 Å². The predicted molar refractivity (Wildman–Crippen MR) is 73.7 cm³/mol. The van der Waals surface area contributed by atoms with E-state index < -0.39 is 10.0 Å². The second kappa shape index (κ2) is 5.93. The molecule has 2 rings (SSSR count). The van der Waals surface area contributed by atoms with Gasteiger partial charge in [-0.15, -0.1) is 5.10 Å². The van der Waals surface area contributed by atoms with Crippen molar-refractivity contribution in [3.05, 3.63) is 24.7 Å². The fourth-order valence-corrected chi connectivity index (χ4v) is 3.21. The molecule has 7 nitrogen and oxygen atoms in total. The molecule has 0 unspecified atom stereocenters. The van der Waals surface area contributed by atoms with Crippen LogP contribution in [-0.4, -0.2) is 29.5 Å². The second-order valence-corrected chi connectivity index (χ2v) is 6.12. The van der Waals surface area contributed by atoms with Gasteiger partial charge in [-0.25, -0.2) is 8.42 Å². The molecule has 0 aliphatic rings. The highest BCUT2D eigenvalue weighted by atomic mass is 32.2. The highest BCUT2D eigenvalue weighted by Crippen LogP contribution is 2.23. The third kappa shape index (κ3) is 3.38. The third-order valence-corrected chi connectivity index (χ3v) is 4.34. The van der Waals surface area contributed by atoms with Gasteiger partial charge in [0, 0.05) is 30.5 Å². The standard InChI is InChI=1S/C10H13N5O2S2/c1-2-4-12-8-3-5-11-6-9(8)19(16,17)14-10-7-13-15-18-10/h3,5-7,14H,2,4H2,1H3,(H,11,12). The van der Waals surface area contributed by atoms with Gasteiger partial charge in [0.05, 0.1) is 11.9 Å². The number of sulfonamides is 1. The molecule has 0 fully saturated rings. The summed E-state index contributed by atoms with van der Waals surface area (Å²) >= 11 is 0.976. The number of hydrogen-bond acceptors (Lipinski definition) is 7. The normalized spacial score (nSPS) is 11.2. The summed E-state index contributed by atoms with van der Waals surface area (Å²) in [5, 5.41) is 7.01. The molecule has 0 atom stereocenters. The lowest BCUT2D eigenvalue weighted by atomic mass is 10.4. The Balaban J connectivity index is 2.29. The maximum absolute atomic E-state index is 12.2. The van der Waals surface area contributed by atoms with E-state index in [1.165, 1.54) is 12.4 Å². The summed E-state index contributed by atoms with van der Waals surface area (Å²) in [6.45, 7) is 2.69. The average molecular weight is 299 g/mol. The predicted octanol–water partition coefficient (Wildman–Crippen LogP) is 1.56.